The molecule has 0 aliphatic carbocycles. The molecule has 2 atom stereocenters. The van der Waals surface area contributed by atoms with Crippen LogP contribution >= 0.6 is 11.8 Å². The normalized spacial score (nSPS) is 37.6. The summed E-state index contributed by atoms with van der Waals surface area (Å²) in [5.41, 5.74) is 0.223. The maximum absolute atomic E-state index is 4.86. The molecule has 2 rings (SSSR count). The summed E-state index contributed by atoms with van der Waals surface area (Å²) in [7, 11) is 2.21. The lowest BCUT2D eigenvalue weighted by molar-refractivity contribution is 0.184. The first-order valence-electron chi connectivity index (χ1n) is 6.15. The highest BCUT2D eigenvalue weighted by atomic mass is 32.2. The molecule has 2 unspecified atom stereocenters. The average molecular weight is 241 g/mol. The van der Waals surface area contributed by atoms with Crippen molar-refractivity contribution in [2.45, 2.75) is 51.2 Å². The number of rotatable bonds is 1. The number of aliphatic imine (C=N–C) groups is 1. The van der Waals surface area contributed by atoms with Crippen LogP contribution in [0.5, 0.6) is 0 Å². The van der Waals surface area contributed by atoms with Gasteiger partial charge in [0.25, 0.3) is 0 Å². The second kappa shape index (κ2) is 4.57. The summed E-state index contributed by atoms with van der Waals surface area (Å²) in [5.74, 6) is 1.13. The van der Waals surface area contributed by atoms with Crippen LogP contribution in [0.3, 0.4) is 0 Å². The summed E-state index contributed by atoms with van der Waals surface area (Å²) in [6, 6.07) is 1.19. The second-order valence-electron chi connectivity index (χ2n) is 5.74. The molecule has 2 heterocycles. The Labute approximate surface area is 103 Å². The van der Waals surface area contributed by atoms with E-state index in [1.165, 1.54) is 19.4 Å². The zero-order valence-corrected chi connectivity index (χ0v) is 11.6. The minimum absolute atomic E-state index is 0.223. The van der Waals surface area contributed by atoms with Gasteiger partial charge in [-0.15, -0.1) is 0 Å². The van der Waals surface area contributed by atoms with E-state index in [1.807, 2.05) is 11.8 Å². The van der Waals surface area contributed by atoms with Gasteiger partial charge in [-0.25, -0.2) is 0 Å². The van der Waals surface area contributed by atoms with Crippen molar-refractivity contribution in [1.82, 2.24) is 10.2 Å². The molecule has 0 bridgehead atoms. The van der Waals surface area contributed by atoms with Gasteiger partial charge in [-0.05, 0) is 40.7 Å². The van der Waals surface area contributed by atoms with Gasteiger partial charge in [-0.3, -0.25) is 4.99 Å². The maximum Gasteiger partial charge on any atom is 0.157 e. The molecule has 2 fully saturated rings. The molecule has 1 N–H and O–H groups in total. The largest absolute Gasteiger partial charge is 0.359 e. The molecule has 92 valence electrons. The Morgan fingerprint density at radius 1 is 1.50 bits per heavy atom. The highest BCUT2D eigenvalue weighted by molar-refractivity contribution is 8.14. The van der Waals surface area contributed by atoms with Crippen molar-refractivity contribution in [2.75, 3.05) is 19.3 Å². The predicted molar refractivity (Wildman–Crippen MR) is 72.2 cm³/mol. The molecule has 2 aliphatic heterocycles. The Kier molecular flexibility index (Phi) is 3.50. The SMILES string of the molecule is CC1CC(N=C2NC(C)(C)CS2)CCN1C. The van der Waals surface area contributed by atoms with E-state index in [4.69, 9.17) is 4.99 Å². The van der Waals surface area contributed by atoms with Gasteiger partial charge in [0.15, 0.2) is 5.17 Å². The Morgan fingerprint density at radius 3 is 2.81 bits per heavy atom. The zero-order valence-electron chi connectivity index (χ0n) is 10.8. The third-order valence-corrected chi connectivity index (χ3v) is 4.84. The molecule has 16 heavy (non-hydrogen) atoms. The zero-order chi connectivity index (χ0) is 11.8. The van der Waals surface area contributed by atoms with Crippen LogP contribution in [0.15, 0.2) is 4.99 Å². The van der Waals surface area contributed by atoms with Crippen molar-refractivity contribution in [3.05, 3.63) is 0 Å². The molecule has 0 aromatic rings. The number of nitrogens with zero attached hydrogens (tertiary/aromatic N) is 2. The van der Waals surface area contributed by atoms with E-state index < -0.39 is 0 Å². The van der Waals surface area contributed by atoms with Crippen molar-refractivity contribution in [3.63, 3.8) is 0 Å². The molecule has 2 aliphatic rings. The third-order valence-electron chi connectivity index (χ3n) is 3.50. The highest BCUT2D eigenvalue weighted by Crippen LogP contribution is 2.25. The van der Waals surface area contributed by atoms with Crippen molar-refractivity contribution in [2.24, 2.45) is 4.99 Å². The smallest absolute Gasteiger partial charge is 0.157 e. The van der Waals surface area contributed by atoms with Crippen LogP contribution in [-0.2, 0) is 0 Å². The van der Waals surface area contributed by atoms with Crippen LogP contribution in [-0.4, -0.2) is 47.0 Å². The quantitative estimate of drug-likeness (QED) is 0.760. The van der Waals surface area contributed by atoms with Crippen LogP contribution < -0.4 is 5.32 Å². The Bertz CT molecular complexity index is 288. The van der Waals surface area contributed by atoms with E-state index in [-0.39, 0.29) is 5.54 Å². The van der Waals surface area contributed by atoms with Crippen molar-refractivity contribution >= 4 is 16.9 Å². The van der Waals surface area contributed by atoms with E-state index >= 15 is 0 Å². The summed E-state index contributed by atoms with van der Waals surface area (Å²) in [6.45, 7) is 7.95. The molecule has 0 radical (unpaired) electrons. The highest BCUT2D eigenvalue weighted by Gasteiger charge is 2.29. The maximum atomic E-state index is 4.86. The molecule has 0 amide bonds. The first kappa shape index (κ1) is 12.2. The molecule has 0 spiro atoms. The number of thioether (sulfide) groups is 1. The van der Waals surface area contributed by atoms with Gasteiger partial charge < -0.3 is 10.2 Å². The Morgan fingerprint density at radius 2 is 2.25 bits per heavy atom. The van der Waals surface area contributed by atoms with E-state index in [1.54, 1.807) is 0 Å². The topological polar surface area (TPSA) is 27.6 Å². The number of hydrogen-bond donors (Lipinski definition) is 1. The van der Waals surface area contributed by atoms with Crippen molar-refractivity contribution < 1.29 is 0 Å². The van der Waals surface area contributed by atoms with Crippen LogP contribution in [0, 0.1) is 0 Å². The predicted octanol–water partition coefficient (Wildman–Crippen LogP) is 1.94. The van der Waals surface area contributed by atoms with Gasteiger partial charge in [0.2, 0.25) is 0 Å². The molecule has 4 heteroatoms. The fourth-order valence-corrected chi connectivity index (χ4v) is 3.37. The minimum atomic E-state index is 0.223. The summed E-state index contributed by atoms with van der Waals surface area (Å²) in [5, 5.41) is 4.66. The van der Waals surface area contributed by atoms with E-state index in [9.17, 15) is 0 Å². The fourth-order valence-electron chi connectivity index (χ4n) is 2.23. The lowest BCUT2D eigenvalue weighted by Gasteiger charge is -2.33. The summed E-state index contributed by atoms with van der Waals surface area (Å²) < 4.78 is 0. The minimum Gasteiger partial charge on any atom is -0.359 e. The van der Waals surface area contributed by atoms with Crippen molar-refractivity contribution in [1.29, 1.82) is 0 Å². The number of hydrogen-bond acceptors (Lipinski definition) is 3. The van der Waals surface area contributed by atoms with E-state index in [0.29, 0.717) is 12.1 Å². The molecule has 0 aromatic carbocycles. The lowest BCUT2D eigenvalue weighted by atomic mass is 10.00. The molecule has 0 saturated carbocycles. The second-order valence-corrected chi connectivity index (χ2v) is 6.70. The standard InChI is InChI=1S/C12H23N3S/c1-9-7-10(5-6-15(9)4)13-11-14-12(2,3)8-16-11/h9-10H,5-8H2,1-4H3,(H,13,14). The van der Waals surface area contributed by atoms with Gasteiger partial charge in [0.05, 0.1) is 6.04 Å². The van der Waals surface area contributed by atoms with Crippen LogP contribution in [0.2, 0.25) is 0 Å². The molecular weight excluding hydrogens is 218 g/mol. The Balaban J connectivity index is 1.93. The molecule has 2 saturated heterocycles. The van der Waals surface area contributed by atoms with Crippen molar-refractivity contribution in [3.8, 4) is 0 Å². The number of piperidine rings is 1. The summed E-state index contributed by atoms with van der Waals surface area (Å²) in [6.07, 6.45) is 2.40. The monoisotopic (exact) mass is 241 g/mol. The first-order valence-corrected chi connectivity index (χ1v) is 7.14. The molecular formula is C12H23N3S. The van der Waals surface area contributed by atoms with Gasteiger partial charge in [-0.2, -0.15) is 0 Å². The average Bonchev–Trinajstić information content (AvgIpc) is 2.52. The van der Waals surface area contributed by atoms with Gasteiger partial charge >= 0.3 is 0 Å². The van der Waals surface area contributed by atoms with Gasteiger partial charge in [0.1, 0.15) is 0 Å². The van der Waals surface area contributed by atoms with Crippen LogP contribution in [0.25, 0.3) is 0 Å². The molecule has 3 nitrogen and oxygen atoms in total. The summed E-state index contributed by atoms with van der Waals surface area (Å²) in [4.78, 5) is 7.28. The van der Waals surface area contributed by atoms with E-state index in [2.05, 4.69) is 38.0 Å². The third kappa shape index (κ3) is 2.92. The molecule has 0 aromatic heterocycles. The van der Waals surface area contributed by atoms with Crippen LogP contribution in [0.4, 0.5) is 0 Å². The number of likely N-dealkylation sites (tertiary alicyclic amines) is 1. The lowest BCUT2D eigenvalue weighted by Crippen LogP contribution is -2.41. The van der Waals surface area contributed by atoms with Crippen LogP contribution in [0.1, 0.15) is 33.6 Å². The Hall–Kier alpha value is -0.220. The first-order chi connectivity index (χ1) is 7.46. The number of nitrogens with one attached hydrogen (secondary N) is 1. The fraction of sp³-hybridized carbons (Fsp3) is 0.917. The van der Waals surface area contributed by atoms with E-state index in [0.717, 1.165) is 10.9 Å². The number of amidine groups is 1. The summed E-state index contributed by atoms with van der Waals surface area (Å²) >= 11 is 1.87. The van der Waals surface area contributed by atoms with Gasteiger partial charge in [-0.1, -0.05) is 11.8 Å². The van der Waals surface area contributed by atoms with Gasteiger partial charge in [0, 0.05) is 23.9 Å².